The molecule has 0 heterocycles. The number of hydrogen-bond acceptors (Lipinski definition) is 5. The van der Waals surface area contributed by atoms with Gasteiger partial charge in [0, 0.05) is 22.7 Å². The van der Waals surface area contributed by atoms with Gasteiger partial charge in [0.1, 0.15) is 0 Å². The lowest BCUT2D eigenvalue weighted by Gasteiger charge is -2.09. The second kappa shape index (κ2) is 11.0. The van der Waals surface area contributed by atoms with E-state index in [1.54, 1.807) is 6.07 Å². The molecule has 3 amide bonds. The highest BCUT2D eigenvalue weighted by atomic mass is 35.5. The smallest absolute Gasteiger partial charge is 0.306 e. The van der Waals surface area contributed by atoms with Crippen LogP contribution >= 0.6 is 11.6 Å². The van der Waals surface area contributed by atoms with Crippen LogP contribution in [0, 0.1) is 13.8 Å². The molecule has 0 aliphatic rings. The van der Waals surface area contributed by atoms with Gasteiger partial charge in [0.2, 0.25) is 5.91 Å². The third-order valence-electron chi connectivity index (χ3n) is 4.13. The Kier molecular flexibility index (Phi) is 8.37. The van der Waals surface area contributed by atoms with Crippen molar-refractivity contribution in [2.24, 2.45) is 0 Å². The number of benzene rings is 2. The summed E-state index contributed by atoms with van der Waals surface area (Å²) in [6.45, 7) is 3.32. The van der Waals surface area contributed by atoms with Gasteiger partial charge in [-0.1, -0.05) is 17.7 Å². The zero-order chi connectivity index (χ0) is 22.1. The largest absolute Gasteiger partial charge is 0.455 e. The molecule has 0 spiro atoms. The topological polar surface area (TPSA) is 114 Å². The van der Waals surface area contributed by atoms with Crippen molar-refractivity contribution in [3.05, 3.63) is 64.2 Å². The molecule has 0 aliphatic carbocycles. The monoisotopic (exact) mass is 431 g/mol. The molecular weight excluding hydrogens is 410 g/mol. The summed E-state index contributed by atoms with van der Waals surface area (Å²) >= 11 is 5.74. The summed E-state index contributed by atoms with van der Waals surface area (Å²) in [6.07, 6.45) is -0.262. The van der Waals surface area contributed by atoms with Gasteiger partial charge >= 0.3 is 5.97 Å². The Balaban J connectivity index is 1.65. The van der Waals surface area contributed by atoms with Crippen molar-refractivity contribution in [1.29, 1.82) is 0 Å². The number of rotatable bonds is 7. The minimum absolute atomic E-state index is 0.0827. The lowest BCUT2D eigenvalue weighted by Crippen LogP contribution is -2.43. The number of carbonyl (C=O) groups is 4. The van der Waals surface area contributed by atoms with E-state index in [9.17, 15) is 19.2 Å². The van der Waals surface area contributed by atoms with E-state index in [1.807, 2.05) is 26.0 Å². The first-order valence-corrected chi connectivity index (χ1v) is 9.50. The number of amides is 3. The summed E-state index contributed by atoms with van der Waals surface area (Å²) in [5, 5.41) is 3.18. The van der Waals surface area contributed by atoms with Crippen LogP contribution in [-0.4, -0.2) is 30.3 Å². The molecule has 3 N–H and O–H groups in total. The Bertz CT molecular complexity index is 944. The maximum absolute atomic E-state index is 11.9. The summed E-state index contributed by atoms with van der Waals surface area (Å²) in [4.78, 5) is 47.2. The summed E-state index contributed by atoms with van der Waals surface area (Å²) in [5.74, 6) is -2.31. The normalized spacial score (nSPS) is 10.1. The van der Waals surface area contributed by atoms with Crippen LogP contribution in [0.5, 0.6) is 0 Å². The minimum atomic E-state index is -0.717. The van der Waals surface area contributed by atoms with Gasteiger partial charge in [0.25, 0.3) is 11.8 Å². The number of anilines is 1. The molecule has 0 atom stereocenters. The highest BCUT2D eigenvalue weighted by Crippen LogP contribution is 2.14. The molecule has 158 valence electrons. The number of ether oxygens (including phenoxy) is 1. The van der Waals surface area contributed by atoms with Crippen LogP contribution in [0.15, 0.2) is 42.5 Å². The Labute approximate surface area is 178 Å². The first kappa shape index (κ1) is 22.9. The fraction of sp³-hybridized carbons (Fsp3) is 0.238. The first-order chi connectivity index (χ1) is 14.2. The quantitative estimate of drug-likeness (QED) is 0.460. The van der Waals surface area contributed by atoms with E-state index < -0.39 is 24.4 Å². The molecule has 0 fully saturated rings. The third kappa shape index (κ3) is 7.56. The molecule has 0 radical (unpaired) electrons. The average Bonchev–Trinajstić information content (AvgIpc) is 2.72. The molecule has 8 nitrogen and oxygen atoms in total. The van der Waals surface area contributed by atoms with Gasteiger partial charge in [0.05, 0.1) is 6.42 Å². The number of halogens is 1. The van der Waals surface area contributed by atoms with E-state index in [0.29, 0.717) is 16.3 Å². The van der Waals surface area contributed by atoms with Crippen LogP contribution in [0.25, 0.3) is 0 Å². The number of esters is 1. The maximum Gasteiger partial charge on any atom is 0.306 e. The van der Waals surface area contributed by atoms with Crippen molar-refractivity contribution in [2.45, 2.75) is 26.7 Å². The van der Waals surface area contributed by atoms with Gasteiger partial charge in [-0.05, 0) is 61.4 Å². The number of carbonyl (C=O) groups excluding carboxylic acids is 4. The molecule has 30 heavy (non-hydrogen) atoms. The molecule has 0 bridgehead atoms. The molecule has 0 unspecified atom stereocenters. The summed E-state index contributed by atoms with van der Waals surface area (Å²) < 4.78 is 4.79. The van der Waals surface area contributed by atoms with Crippen LogP contribution < -0.4 is 16.2 Å². The van der Waals surface area contributed by atoms with Gasteiger partial charge in [0.15, 0.2) is 6.61 Å². The fourth-order valence-electron chi connectivity index (χ4n) is 2.31. The van der Waals surface area contributed by atoms with Gasteiger partial charge in [-0.3, -0.25) is 30.0 Å². The minimum Gasteiger partial charge on any atom is -0.455 e. The van der Waals surface area contributed by atoms with Crippen LogP contribution in [0.2, 0.25) is 5.02 Å². The predicted octanol–water partition coefficient (Wildman–Crippen LogP) is 2.68. The highest BCUT2D eigenvalue weighted by Gasteiger charge is 2.12. The van der Waals surface area contributed by atoms with Crippen molar-refractivity contribution in [3.63, 3.8) is 0 Å². The second-order valence-corrected chi connectivity index (χ2v) is 6.95. The van der Waals surface area contributed by atoms with Crippen LogP contribution in [0.4, 0.5) is 5.69 Å². The van der Waals surface area contributed by atoms with Gasteiger partial charge in [-0.2, -0.15) is 0 Å². The van der Waals surface area contributed by atoms with Gasteiger partial charge < -0.3 is 10.1 Å². The second-order valence-electron chi connectivity index (χ2n) is 6.52. The molecule has 2 aromatic carbocycles. The molecule has 0 saturated carbocycles. The van der Waals surface area contributed by atoms with Crippen molar-refractivity contribution in [1.82, 2.24) is 10.9 Å². The Morgan fingerprint density at radius 3 is 2.23 bits per heavy atom. The molecule has 0 aromatic heterocycles. The summed E-state index contributed by atoms with van der Waals surface area (Å²) in [5.41, 5.74) is 7.42. The van der Waals surface area contributed by atoms with Crippen molar-refractivity contribution >= 4 is 41.0 Å². The summed E-state index contributed by atoms with van der Waals surface area (Å²) in [6, 6.07) is 11.6. The summed E-state index contributed by atoms with van der Waals surface area (Å²) in [7, 11) is 0. The Hall–Kier alpha value is -3.39. The van der Waals surface area contributed by atoms with Gasteiger partial charge in [-0.15, -0.1) is 0 Å². The van der Waals surface area contributed by atoms with E-state index in [0.717, 1.165) is 11.1 Å². The molecular formula is C21H22ClN3O5. The highest BCUT2D eigenvalue weighted by molar-refractivity contribution is 6.30. The van der Waals surface area contributed by atoms with Crippen LogP contribution in [0.1, 0.15) is 34.3 Å². The van der Waals surface area contributed by atoms with E-state index in [-0.39, 0.29) is 18.7 Å². The van der Waals surface area contributed by atoms with Crippen LogP contribution in [0.3, 0.4) is 0 Å². The van der Waals surface area contributed by atoms with Crippen molar-refractivity contribution in [3.8, 4) is 0 Å². The van der Waals surface area contributed by atoms with Gasteiger partial charge in [-0.25, -0.2) is 0 Å². The zero-order valence-electron chi connectivity index (χ0n) is 16.6. The number of aryl methyl sites for hydroxylation is 2. The van der Waals surface area contributed by atoms with Crippen LogP contribution in [-0.2, 0) is 19.1 Å². The number of nitrogens with one attached hydrogen (secondary N) is 3. The lowest BCUT2D eigenvalue weighted by molar-refractivity contribution is -0.149. The third-order valence-corrected chi connectivity index (χ3v) is 4.38. The molecule has 0 saturated heterocycles. The van der Waals surface area contributed by atoms with E-state index in [1.165, 1.54) is 24.3 Å². The average molecular weight is 432 g/mol. The fourth-order valence-corrected chi connectivity index (χ4v) is 2.44. The molecule has 2 aromatic rings. The standard InChI is InChI=1S/C21H22ClN3O5/c1-13-3-8-17(11-14(13)2)23-18(26)9-10-20(28)30-12-19(27)24-25-21(29)15-4-6-16(22)7-5-15/h3-8,11H,9-10,12H2,1-2H3,(H,23,26)(H,24,27)(H,25,29). The van der Waals surface area contributed by atoms with E-state index >= 15 is 0 Å². The zero-order valence-corrected chi connectivity index (χ0v) is 17.3. The SMILES string of the molecule is Cc1ccc(NC(=O)CCC(=O)OCC(=O)NNC(=O)c2ccc(Cl)cc2)cc1C. The molecule has 2 rings (SSSR count). The Morgan fingerprint density at radius 2 is 1.57 bits per heavy atom. The van der Waals surface area contributed by atoms with E-state index in [4.69, 9.17) is 16.3 Å². The Morgan fingerprint density at radius 1 is 0.867 bits per heavy atom. The molecule has 9 heteroatoms. The number of hydrazine groups is 1. The molecule has 0 aliphatic heterocycles. The van der Waals surface area contributed by atoms with E-state index in [2.05, 4.69) is 16.2 Å². The van der Waals surface area contributed by atoms with Crippen molar-refractivity contribution in [2.75, 3.05) is 11.9 Å². The predicted molar refractivity (Wildman–Crippen MR) is 112 cm³/mol. The maximum atomic E-state index is 11.9. The lowest BCUT2D eigenvalue weighted by atomic mass is 10.1. The van der Waals surface area contributed by atoms with Crippen molar-refractivity contribution < 1.29 is 23.9 Å². The number of hydrogen-bond donors (Lipinski definition) is 3. The first-order valence-electron chi connectivity index (χ1n) is 9.12.